The lowest BCUT2D eigenvalue weighted by molar-refractivity contribution is -0.753. The van der Waals surface area contributed by atoms with Crippen LogP contribution >= 0.6 is 0 Å². The third kappa shape index (κ3) is 13.9. The van der Waals surface area contributed by atoms with Crippen molar-refractivity contribution >= 4 is 35.2 Å². The summed E-state index contributed by atoms with van der Waals surface area (Å²) >= 11 is 0. The van der Waals surface area contributed by atoms with Crippen LogP contribution < -0.4 is 53.6 Å². The number of hydrogen-bond acceptors (Lipinski definition) is 15. The highest BCUT2D eigenvalue weighted by molar-refractivity contribution is 5.86. The molecule has 77 heavy (non-hydrogen) atoms. The number of amides is 2. The van der Waals surface area contributed by atoms with Crippen molar-refractivity contribution < 1.29 is 64.2 Å². The number of halogens is 3. The maximum Gasteiger partial charge on any atom is 0.418 e. The summed E-state index contributed by atoms with van der Waals surface area (Å²) in [5, 5.41) is 18.9. The summed E-state index contributed by atoms with van der Waals surface area (Å²) < 4.78 is 59.6. The van der Waals surface area contributed by atoms with Gasteiger partial charge < -0.3 is 57.7 Å². The van der Waals surface area contributed by atoms with Crippen molar-refractivity contribution in [3.8, 4) is 11.4 Å². The lowest BCUT2D eigenvalue weighted by atomic mass is 9.87. The smallest absolute Gasteiger partial charge is 0.418 e. The van der Waals surface area contributed by atoms with Gasteiger partial charge in [0.15, 0.2) is 0 Å². The van der Waals surface area contributed by atoms with Gasteiger partial charge in [0.25, 0.3) is 6.33 Å². The van der Waals surface area contributed by atoms with Crippen LogP contribution in [0.2, 0.25) is 0 Å². The molecule has 21 nitrogen and oxygen atoms in total. The number of piperazine rings is 1. The summed E-state index contributed by atoms with van der Waals surface area (Å²) in [7, 11) is 1.45. The molecule has 24 heteroatoms. The molecule has 8 rings (SSSR count). The molecule has 0 radical (unpaired) electrons. The molecule has 2 amide bonds. The van der Waals surface area contributed by atoms with E-state index in [0.717, 1.165) is 48.5 Å². The number of ether oxygens (including phenoxy) is 4. The highest BCUT2D eigenvalue weighted by Crippen LogP contribution is 2.42. The van der Waals surface area contributed by atoms with Crippen LogP contribution in [0, 0.1) is 17.6 Å². The lowest BCUT2D eigenvalue weighted by Crippen LogP contribution is -3.00. The van der Waals surface area contributed by atoms with E-state index in [1.807, 2.05) is 55.5 Å². The van der Waals surface area contributed by atoms with Crippen LogP contribution in [0.4, 0.5) is 30.8 Å². The first-order chi connectivity index (χ1) is 36.0. The molecule has 2 aliphatic rings. The Morgan fingerprint density at radius 3 is 2.27 bits per heavy atom. The fourth-order valence-corrected chi connectivity index (χ4v) is 9.42. The lowest BCUT2D eigenvalue weighted by Gasteiger charge is -2.37. The second-order valence-corrected chi connectivity index (χ2v) is 18.9. The van der Waals surface area contributed by atoms with Gasteiger partial charge in [-0.3, -0.25) is 14.5 Å². The number of rotatable bonds is 21. The number of aromatic nitrogens is 7. The fraction of sp³-hybridized carbons (Fsp3) is 0.434. The van der Waals surface area contributed by atoms with Crippen LogP contribution in [0.25, 0.3) is 5.69 Å². The Labute approximate surface area is 451 Å². The zero-order chi connectivity index (χ0) is 53.4. The van der Waals surface area contributed by atoms with Crippen LogP contribution in [0.3, 0.4) is 0 Å². The highest BCUT2D eigenvalue weighted by Gasteiger charge is 2.46. The molecule has 2 fully saturated rings. The molecule has 5 N–H and O–H groups in total. The summed E-state index contributed by atoms with van der Waals surface area (Å²) in [6.45, 7) is 8.64. The van der Waals surface area contributed by atoms with Gasteiger partial charge in [-0.25, -0.2) is 32.6 Å². The van der Waals surface area contributed by atoms with Crippen LogP contribution in [-0.2, 0) is 42.6 Å². The molecule has 2 aliphatic heterocycles. The number of benzene rings is 3. The number of carbonyl (C=O) groups excluding carboxylic acids is 3. The molecule has 3 aromatic carbocycles. The number of aliphatic hydroxyl groups excluding tert-OH is 1. The number of hydrogen-bond donors (Lipinski definition) is 3. The average Bonchev–Trinajstić information content (AvgIpc) is 4.16. The van der Waals surface area contributed by atoms with Crippen molar-refractivity contribution in [1.82, 2.24) is 29.1 Å². The van der Waals surface area contributed by atoms with Crippen molar-refractivity contribution in [2.24, 2.45) is 17.4 Å². The van der Waals surface area contributed by atoms with E-state index < -0.39 is 59.6 Å². The van der Waals surface area contributed by atoms with Gasteiger partial charge in [-0.1, -0.05) is 26.5 Å². The summed E-state index contributed by atoms with van der Waals surface area (Å²) in [4.78, 5) is 60.1. The molecular weight excluding hydrogens is 1020 g/mol. The second kappa shape index (κ2) is 26.1. The second-order valence-electron chi connectivity index (χ2n) is 18.9. The maximum absolute atomic E-state index is 15.6. The number of nitrogens with zero attached hydrogens (tertiary/aromatic N) is 10. The Balaban J connectivity index is 0.00000480. The standard InChI is InChI=1S/C52H62F2N12O9.CH4.ClH/c1-5-46(34(2)67)66-50(70)65(32-59-66)41-11-9-39(10-12-41)61-21-23-62(24-22-61)40-13-15-42(16-14-40)72-27-36-26-52(74-28-36,43-17-8-38(53)25-44(43)54)30-64-33-63(31-58-64)35(3)75-51(71)60(4)48-37(7-6-20-57-48)29-73-49(69)45(55)18-19-47(56)68;;/h6-17,20,25,31-36,45-46,67H,5,18-19,21-24,26-30,55H2,1-4H3,(H-,56,68);1H4;1H/t34-,35?,36+,45-,46-,52-;;/m0../s1. The van der Waals surface area contributed by atoms with Gasteiger partial charge in [0.05, 0.1) is 31.0 Å². The van der Waals surface area contributed by atoms with Crippen molar-refractivity contribution in [3.63, 3.8) is 0 Å². The van der Waals surface area contributed by atoms with E-state index in [1.54, 1.807) is 36.9 Å². The molecule has 0 spiro atoms. The van der Waals surface area contributed by atoms with Crippen molar-refractivity contribution in [3.05, 3.63) is 137 Å². The summed E-state index contributed by atoms with van der Waals surface area (Å²) in [5.41, 5.74) is 12.8. The molecule has 3 aromatic heterocycles. The first-order valence-corrected chi connectivity index (χ1v) is 24.8. The number of anilines is 3. The largest absolute Gasteiger partial charge is 1.00 e. The van der Waals surface area contributed by atoms with E-state index in [-0.39, 0.29) is 82.0 Å². The summed E-state index contributed by atoms with van der Waals surface area (Å²) in [6, 6.07) is 20.9. The van der Waals surface area contributed by atoms with Gasteiger partial charge in [-0.2, -0.15) is 9.67 Å². The van der Waals surface area contributed by atoms with Gasteiger partial charge in [-0.05, 0) is 86.8 Å². The molecule has 0 bridgehead atoms. The fourth-order valence-electron chi connectivity index (χ4n) is 9.42. The predicted octanol–water partition coefficient (Wildman–Crippen LogP) is 1.93. The molecule has 0 saturated carbocycles. The third-order valence-electron chi connectivity index (χ3n) is 13.6. The average molecular weight is 1090 g/mol. The van der Waals surface area contributed by atoms with E-state index in [4.69, 9.17) is 30.4 Å². The van der Waals surface area contributed by atoms with E-state index in [9.17, 15) is 28.7 Å². The molecule has 6 atom stereocenters. The van der Waals surface area contributed by atoms with Crippen LogP contribution in [0.15, 0.2) is 109 Å². The molecular formula is C53H67ClF2N12O9. The number of pyridine rings is 1. The number of primary amides is 1. The Hall–Kier alpha value is -7.47. The van der Waals surface area contributed by atoms with Crippen LogP contribution in [0.1, 0.15) is 77.3 Å². The van der Waals surface area contributed by atoms with Gasteiger partial charge >= 0.3 is 17.8 Å². The zero-order valence-electron chi connectivity index (χ0n) is 42.7. The summed E-state index contributed by atoms with van der Waals surface area (Å²) in [6.07, 6.45) is 4.46. The van der Waals surface area contributed by atoms with Crippen LogP contribution in [-0.4, -0.2) is 111 Å². The first-order valence-electron chi connectivity index (χ1n) is 24.8. The van der Waals surface area contributed by atoms with Crippen molar-refractivity contribution in [2.75, 3.05) is 61.1 Å². The maximum atomic E-state index is 15.6. The normalized spacial score (nSPS) is 17.8. The Morgan fingerprint density at radius 1 is 0.974 bits per heavy atom. The van der Waals surface area contributed by atoms with Crippen molar-refractivity contribution in [1.29, 1.82) is 0 Å². The number of carbonyl (C=O) groups is 3. The molecule has 0 aliphatic carbocycles. The Morgan fingerprint density at radius 2 is 1.64 bits per heavy atom. The van der Waals surface area contributed by atoms with Gasteiger partial charge in [0, 0.05) is 92.4 Å². The Kier molecular flexibility index (Phi) is 19.9. The highest BCUT2D eigenvalue weighted by atomic mass is 35.5. The number of esters is 1. The minimum atomic E-state index is -1.25. The molecule has 5 heterocycles. The minimum Gasteiger partial charge on any atom is -1.00 e. The SMILES string of the molecule is C.CC[C@@H]([C@H](C)O)n1ncn(-c2ccc(N3CCN(c4ccc(OC[C@@H]5CO[C@@](Cn6c[n+](C(C)OC(=O)N(C)c7ncccc7COC(=O)[C@@H](N)CCC(N)=O)cn6)(c6ccc(F)cc6F)C5)cc4)CC3)cc2)c1=O.[Cl-]. The minimum absolute atomic E-state index is 0. The zero-order valence-corrected chi connectivity index (χ0v) is 43.4. The van der Waals surface area contributed by atoms with Crippen LogP contribution in [0.5, 0.6) is 5.75 Å². The van der Waals surface area contributed by atoms with E-state index >= 15 is 4.39 Å². The summed E-state index contributed by atoms with van der Waals surface area (Å²) in [5.74, 6) is -2.17. The van der Waals surface area contributed by atoms with Gasteiger partial charge in [0.1, 0.15) is 54.3 Å². The number of nitrogens with two attached hydrogens (primary N) is 2. The van der Waals surface area contributed by atoms with E-state index in [0.29, 0.717) is 29.8 Å². The quantitative estimate of drug-likeness (QED) is 0.0689. The molecule has 6 aromatic rings. The number of aliphatic hydroxyl groups is 1. The topological polar surface area (TPSA) is 245 Å². The Bertz CT molecular complexity index is 2990. The molecule has 2 saturated heterocycles. The van der Waals surface area contributed by atoms with Gasteiger partial charge in [0.2, 0.25) is 18.5 Å². The molecule has 1 unspecified atom stereocenters. The van der Waals surface area contributed by atoms with Gasteiger partial charge in [-0.15, -0.1) is 4.68 Å². The monoisotopic (exact) mass is 1090 g/mol. The van der Waals surface area contributed by atoms with E-state index in [2.05, 4.69) is 25.0 Å². The van der Waals surface area contributed by atoms with E-state index in [1.165, 1.54) is 52.0 Å². The molecule has 414 valence electrons. The van der Waals surface area contributed by atoms with Crippen molar-refractivity contribution in [2.45, 2.75) is 97.0 Å². The predicted molar refractivity (Wildman–Crippen MR) is 276 cm³/mol. The first kappa shape index (κ1) is 58.8. The third-order valence-corrected chi connectivity index (χ3v) is 13.6.